The third kappa shape index (κ3) is 3.00. The predicted octanol–water partition coefficient (Wildman–Crippen LogP) is 3.07. The molecule has 0 bridgehead atoms. The van der Waals surface area contributed by atoms with Crippen molar-refractivity contribution in [1.82, 2.24) is 19.6 Å². The molecule has 0 aliphatic carbocycles. The van der Waals surface area contributed by atoms with E-state index in [0.29, 0.717) is 12.1 Å². The maximum atomic E-state index is 5.86. The highest BCUT2D eigenvalue weighted by molar-refractivity contribution is 14.1. The second-order valence-electron chi connectivity index (χ2n) is 5.79. The number of hydrogen-bond donors (Lipinski definition) is 1. The number of aromatic nitrogens is 4. The van der Waals surface area contributed by atoms with Crippen molar-refractivity contribution in [3.8, 4) is 11.5 Å². The standard InChI is InChI=1S/C18H16IN5O2/c1-25-12-5-10(6-13(9-12)26-2)7-16-21-15-4-3-11(19)8-14(15)17-22-18(20)23-24(16)17/h3-6,8-9H,7H2,1-2H3,(H2,20,23). The van der Waals surface area contributed by atoms with Crippen LogP contribution in [-0.2, 0) is 6.42 Å². The summed E-state index contributed by atoms with van der Waals surface area (Å²) >= 11 is 2.27. The van der Waals surface area contributed by atoms with E-state index < -0.39 is 0 Å². The lowest BCUT2D eigenvalue weighted by Gasteiger charge is -2.10. The van der Waals surface area contributed by atoms with E-state index in [1.165, 1.54) is 0 Å². The molecule has 0 fully saturated rings. The number of halogens is 1. The Morgan fingerprint density at radius 2 is 1.77 bits per heavy atom. The maximum Gasteiger partial charge on any atom is 0.240 e. The van der Waals surface area contributed by atoms with E-state index in [1.807, 2.05) is 36.4 Å². The van der Waals surface area contributed by atoms with Crippen molar-refractivity contribution < 1.29 is 9.47 Å². The molecule has 0 aliphatic heterocycles. The number of anilines is 1. The minimum atomic E-state index is 0.225. The summed E-state index contributed by atoms with van der Waals surface area (Å²) in [6.45, 7) is 0. The monoisotopic (exact) mass is 461 g/mol. The van der Waals surface area contributed by atoms with Gasteiger partial charge in [0.1, 0.15) is 17.3 Å². The Bertz CT molecular complexity index is 1100. The average Bonchev–Trinajstić information content (AvgIpc) is 3.04. The molecule has 2 aromatic carbocycles. The van der Waals surface area contributed by atoms with Crippen LogP contribution in [0.1, 0.15) is 11.4 Å². The van der Waals surface area contributed by atoms with Crippen molar-refractivity contribution in [3.05, 3.63) is 51.4 Å². The molecule has 7 nitrogen and oxygen atoms in total. The molecule has 0 atom stereocenters. The summed E-state index contributed by atoms with van der Waals surface area (Å²) in [5.74, 6) is 2.42. The summed E-state index contributed by atoms with van der Waals surface area (Å²) in [5, 5.41) is 5.25. The first-order chi connectivity index (χ1) is 12.6. The van der Waals surface area contributed by atoms with E-state index in [2.05, 4.69) is 32.7 Å². The van der Waals surface area contributed by atoms with Crippen LogP contribution in [-0.4, -0.2) is 33.8 Å². The zero-order valence-electron chi connectivity index (χ0n) is 14.2. The molecule has 2 heterocycles. The second-order valence-corrected chi connectivity index (χ2v) is 7.04. The summed E-state index contributed by atoms with van der Waals surface area (Å²) < 4.78 is 13.5. The number of fused-ring (bicyclic) bond motifs is 3. The van der Waals surface area contributed by atoms with Crippen LogP contribution in [0.4, 0.5) is 5.95 Å². The molecule has 0 saturated heterocycles. The lowest BCUT2D eigenvalue weighted by molar-refractivity contribution is 0.393. The van der Waals surface area contributed by atoms with Gasteiger partial charge in [0.2, 0.25) is 5.95 Å². The van der Waals surface area contributed by atoms with E-state index in [-0.39, 0.29) is 5.95 Å². The fraction of sp³-hybridized carbons (Fsp3) is 0.167. The van der Waals surface area contributed by atoms with Crippen molar-refractivity contribution in [3.63, 3.8) is 0 Å². The van der Waals surface area contributed by atoms with Crippen molar-refractivity contribution in [2.45, 2.75) is 6.42 Å². The van der Waals surface area contributed by atoms with Crippen molar-refractivity contribution in [2.24, 2.45) is 0 Å². The van der Waals surface area contributed by atoms with Crippen LogP contribution in [0.3, 0.4) is 0 Å². The molecule has 2 N–H and O–H groups in total. The maximum absolute atomic E-state index is 5.86. The zero-order valence-corrected chi connectivity index (χ0v) is 16.4. The molecule has 0 amide bonds. The quantitative estimate of drug-likeness (QED) is 0.470. The Kier molecular flexibility index (Phi) is 4.27. The number of nitrogens with zero attached hydrogens (tertiary/aromatic N) is 4. The van der Waals surface area contributed by atoms with Crippen LogP contribution in [0.15, 0.2) is 36.4 Å². The van der Waals surface area contributed by atoms with Crippen LogP contribution in [0.25, 0.3) is 16.6 Å². The van der Waals surface area contributed by atoms with Gasteiger partial charge < -0.3 is 15.2 Å². The third-order valence-corrected chi connectivity index (χ3v) is 4.76. The second kappa shape index (κ2) is 6.60. The Morgan fingerprint density at radius 1 is 1.04 bits per heavy atom. The Morgan fingerprint density at radius 3 is 2.46 bits per heavy atom. The van der Waals surface area contributed by atoms with Gasteiger partial charge in [-0.3, -0.25) is 0 Å². The first-order valence-corrected chi connectivity index (χ1v) is 8.97. The molecule has 2 aromatic heterocycles. The van der Waals surface area contributed by atoms with Gasteiger partial charge in [-0.05, 0) is 58.5 Å². The molecule has 0 saturated carbocycles. The summed E-state index contributed by atoms with van der Waals surface area (Å²) in [4.78, 5) is 9.17. The van der Waals surface area contributed by atoms with Gasteiger partial charge in [0, 0.05) is 21.4 Å². The lowest BCUT2D eigenvalue weighted by atomic mass is 10.1. The highest BCUT2D eigenvalue weighted by Crippen LogP contribution is 2.26. The number of benzene rings is 2. The van der Waals surface area contributed by atoms with Gasteiger partial charge in [0.05, 0.1) is 19.7 Å². The molecular weight excluding hydrogens is 445 g/mol. The van der Waals surface area contributed by atoms with Crippen molar-refractivity contribution >= 4 is 45.1 Å². The van der Waals surface area contributed by atoms with Gasteiger partial charge in [-0.25, -0.2) is 4.98 Å². The zero-order chi connectivity index (χ0) is 18.3. The molecule has 26 heavy (non-hydrogen) atoms. The minimum absolute atomic E-state index is 0.225. The van der Waals surface area contributed by atoms with Crippen LogP contribution < -0.4 is 15.2 Å². The molecule has 4 rings (SSSR count). The van der Waals surface area contributed by atoms with E-state index in [9.17, 15) is 0 Å². The van der Waals surface area contributed by atoms with Gasteiger partial charge in [-0.1, -0.05) is 0 Å². The largest absolute Gasteiger partial charge is 0.497 e. The van der Waals surface area contributed by atoms with Gasteiger partial charge in [-0.2, -0.15) is 9.50 Å². The highest BCUT2D eigenvalue weighted by atomic mass is 127. The first kappa shape index (κ1) is 16.8. The number of rotatable bonds is 4. The average molecular weight is 461 g/mol. The number of nitrogens with two attached hydrogens (primary N) is 1. The molecule has 0 aliphatic rings. The van der Waals surface area contributed by atoms with Crippen LogP contribution in [0.5, 0.6) is 11.5 Å². The van der Waals surface area contributed by atoms with Gasteiger partial charge in [-0.15, -0.1) is 5.10 Å². The van der Waals surface area contributed by atoms with Crippen LogP contribution in [0, 0.1) is 3.57 Å². The van der Waals surface area contributed by atoms with Gasteiger partial charge >= 0.3 is 0 Å². The topological polar surface area (TPSA) is 87.6 Å². The smallest absolute Gasteiger partial charge is 0.240 e. The molecule has 8 heteroatoms. The van der Waals surface area contributed by atoms with Crippen LogP contribution >= 0.6 is 22.6 Å². The summed E-state index contributed by atoms with van der Waals surface area (Å²) in [6.07, 6.45) is 0.536. The van der Waals surface area contributed by atoms with Crippen molar-refractivity contribution in [2.75, 3.05) is 20.0 Å². The van der Waals surface area contributed by atoms with E-state index in [4.69, 9.17) is 20.2 Å². The molecule has 0 radical (unpaired) electrons. The number of hydrogen-bond acceptors (Lipinski definition) is 6. The van der Waals surface area contributed by atoms with Gasteiger partial charge in [0.15, 0.2) is 5.65 Å². The predicted molar refractivity (Wildman–Crippen MR) is 108 cm³/mol. The van der Waals surface area contributed by atoms with Crippen LogP contribution in [0.2, 0.25) is 0 Å². The molecule has 0 spiro atoms. The minimum Gasteiger partial charge on any atom is -0.497 e. The van der Waals surface area contributed by atoms with E-state index in [1.54, 1.807) is 18.7 Å². The highest BCUT2D eigenvalue weighted by Gasteiger charge is 2.14. The summed E-state index contributed by atoms with van der Waals surface area (Å²) in [7, 11) is 3.26. The molecular formula is C18H16IN5O2. The normalized spacial score (nSPS) is 11.2. The van der Waals surface area contributed by atoms with Crippen molar-refractivity contribution in [1.29, 1.82) is 0 Å². The molecule has 4 aromatic rings. The van der Waals surface area contributed by atoms with E-state index in [0.717, 1.165) is 37.4 Å². The third-order valence-electron chi connectivity index (χ3n) is 4.09. The van der Waals surface area contributed by atoms with E-state index >= 15 is 0 Å². The van der Waals surface area contributed by atoms with Gasteiger partial charge in [0.25, 0.3) is 0 Å². The number of methoxy groups -OCH3 is 2. The fourth-order valence-corrected chi connectivity index (χ4v) is 3.41. The number of ether oxygens (including phenoxy) is 2. The fourth-order valence-electron chi connectivity index (χ4n) is 2.92. The Hall–Kier alpha value is -2.62. The molecule has 132 valence electrons. The Balaban J connectivity index is 1.89. The summed E-state index contributed by atoms with van der Waals surface area (Å²) in [5.41, 5.74) is 8.42. The lowest BCUT2D eigenvalue weighted by Crippen LogP contribution is -2.05. The summed E-state index contributed by atoms with van der Waals surface area (Å²) in [6, 6.07) is 11.8. The molecule has 0 unspecified atom stereocenters. The SMILES string of the molecule is COc1cc(Cc2nc3ccc(I)cc3c3nc(N)nn23)cc(OC)c1. The Labute approximate surface area is 163 Å². The number of nitrogen functional groups attached to an aromatic ring is 1. The first-order valence-electron chi connectivity index (χ1n) is 7.89.